The lowest BCUT2D eigenvalue weighted by Gasteiger charge is -2.23. The van der Waals surface area contributed by atoms with E-state index in [1.54, 1.807) is 0 Å². The van der Waals surface area contributed by atoms with Gasteiger partial charge in [-0.2, -0.15) is 0 Å². The highest BCUT2D eigenvalue weighted by Gasteiger charge is 2.14. The number of benzene rings is 1. The topological polar surface area (TPSA) is 15.6 Å². The highest BCUT2D eigenvalue weighted by Crippen LogP contribution is 2.19. The third kappa shape index (κ3) is 1.72. The summed E-state index contributed by atoms with van der Waals surface area (Å²) >= 11 is 0. The highest BCUT2D eigenvalue weighted by molar-refractivity contribution is 5.58. The van der Waals surface area contributed by atoms with Crippen LogP contribution in [0.25, 0.3) is 0 Å². The van der Waals surface area contributed by atoms with Gasteiger partial charge in [0.25, 0.3) is 0 Å². The summed E-state index contributed by atoms with van der Waals surface area (Å²) in [6.07, 6.45) is 1.96. The molecule has 0 N–H and O–H groups in total. The van der Waals surface area contributed by atoms with Crippen LogP contribution in [-0.2, 0) is 0 Å². The zero-order valence-corrected chi connectivity index (χ0v) is 7.85. The van der Waals surface area contributed by atoms with Gasteiger partial charge in [0.15, 0.2) is 0 Å². The third-order valence-electron chi connectivity index (χ3n) is 2.50. The monoisotopic (exact) mass is 174 g/mol. The van der Waals surface area contributed by atoms with Gasteiger partial charge in [-0.05, 0) is 12.5 Å². The standard InChI is InChI=1S/C11H14N2/c1-10(13-8-7-12-9-13)11-5-3-2-4-6-11/h2-6,9-10H,7-8H2,1H3/t10-/m1/s1. The first-order valence-corrected chi connectivity index (χ1v) is 4.68. The molecule has 1 aromatic carbocycles. The molecule has 1 aliphatic rings. The third-order valence-corrected chi connectivity index (χ3v) is 2.50. The second kappa shape index (κ2) is 3.60. The summed E-state index contributed by atoms with van der Waals surface area (Å²) in [6, 6.07) is 11.0. The van der Waals surface area contributed by atoms with Gasteiger partial charge in [0.05, 0.1) is 18.9 Å². The number of hydrogen-bond acceptors (Lipinski definition) is 2. The van der Waals surface area contributed by atoms with Crippen molar-refractivity contribution < 1.29 is 0 Å². The molecule has 2 heteroatoms. The van der Waals surface area contributed by atoms with E-state index in [0.717, 1.165) is 13.1 Å². The van der Waals surface area contributed by atoms with Crippen LogP contribution in [0.5, 0.6) is 0 Å². The summed E-state index contributed by atoms with van der Waals surface area (Å²) in [5.41, 5.74) is 1.36. The molecule has 13 heavy (non-hydrogen) atoms. The lowest BCUT2D eigenvalue weighted by Crippen LogP contribution is -2.23. The first-order chi connectivity index (χ1) is 6.38. The molecule has 0 radical (unpaired) electrons. The molecule has 0 saturated heterocycles. The van der Waals surface area contributed by atoms with Crippen molar-refractivity contribution in [3.8, 4) is 0 Å². The van der Waals surface area contributed by atoms with Crippen molar-refractivity contribution in [3.05, 3.63) is 35.9 Å². The van der Waals surface area contributed by atoms with Gasteiger partial charge in [-0.25, -0.2) is 0 Å². The molecule has 0 fully saturated rings. The Balaban J connectivity index is 2.13. The molecule has 0 bridgehead atoms. The van der Waals surface area contributed by atoms with Crippen molar-refractivity contribution in [1.82, 2.24) is 4.90 Å². The van der Waals surface area contributed by atoms with Crippen LogP contribution >= 0.6 is 0 Å². The van der Waals surface area contributed by atoms with E-state index in [2.05, 4.69) is 41.1 Å². The van der Waals surface area contributed by atoms with Crippen molar-refractivity contribution in [1.29, 1.82) is 0 Å². The Morgan fingerprint density at radius 1 is 1.31 bits per heavy atom. The summed E-state index contributed by atoms with van der Waals surface area (Å²) in [7, 11) is 0. The molecule has 1 aliphatic heterocycles. The first kappa shape index (κ1) is 8.30. The molecule has 0 amide bonds. The summed E-state index contributed by atoms with van der Waals surface area (Å²) < 4.78 is 0. The molecule has 0 aliphatic carbocycles. The van der Waals surface area contributed by atoms with Crippen LogP contribution in [0.3, 0.4) is 0 Å². The molecule has 0 aromatic heterocycles. The van der Waals surface area contributed by atoms with Crippen molar-refractivity contribution in [3.63, 3.8) is 0 Å². The molecule has 0 unspecified atom stereocenters. The Bertz CT molecular complexity index is 292. The molecule has 2 rings (SSSR count). The quantitative estimate of drug-likeness (QED) is 0.670. The number of rotatable bonds is 2. The van der Waals surface area contributed by atoms with E-state index < -0.39 is 0 Å². The van der Waals surface area contributed by atoms with Gasteiger partial charge in [-0.3, -0.25) is 4.99 Å². The molecular weight excluding hydrogens is 160 g/mol. The van der Waals surface area contributed by atoms with Crippen LogP contribution in [0.2, 0.25) is 0 Å². The lowest BCUT2D eigenvalue weighted by atomic mass is 10.1. The van der Waals surface area contributed by atoms with Crippen molar-refractivity contribution >= 4 is 6.34 Å². The second-order valence-corrected chi connectivity index (χ2v) is 3.35. The van der Waals surface area contributed by atoms with E-state index in [1.165, 1.54) is 5.56 Å². The fourth-order valence-electron chi connectivity index (χ4n) is 1.61. The van der Waals surface area contributed by atoms with Gasteiger partial charge in [-0.15, -0.1) is 0 Å². The Kier molecular flexibility index (Phi) is 2.30. The molecule has 0 saturated carbocycles. The first-order valence-electron chi connectivity index (χ1n) is 4.68. The highest BCUT2D eigenvalue weighted by atomic mass is 15.2. The van der Waals surface area contributed by atoms with E-state index in [1.807, 2.05) is 12.4 Å². The fourth-order valence-corrected chi connectivity index (χ4v) is 1.61. The minimum Gasteiger partial charge on any atom is -0.354 e. The summed E-state index contributed by atoms with van der Waals surface area (Å²) in [6.45, 7) is 4.21. The van der Waals surface area contributed by atoms with Crippen molar-refractivity contribution in [2.75, 3.05) is 13.1 Å². The molecule has 0 spiro atoms. The Morgan fingerprint density at radius 2 is 2.08 bits per heavy atom. The van der Waals surface area contributed by atoms with E-state index in [-0.39, 0.29) is 0 Å². The average Bonchev–Trinajstić information content (AvgIpc) is 2.71. The van der Waals surface area contributed by atoms with Crippen molar-refractivity contribution in [2.24, 2.45) is 4.99 Å². The van der Waals surface area contributed by atoms with Crippen molar-refractivity contribution in [2.45, 2.75) is 13.0 Å². The van der Waals surface area contributed by atoms with Crippen LogP contribution < -0.4 is 0 Å². The Labute approximate surface area is 78.9 Å². The van der Waals surface area contributed by atoms with Gasteiger partial charge in [-0.1, -0.05) is 30.3 Å². The van der Waals surface area contributed by atoms with Gasteiger partial charge in [0.1, 0.15) is 0 Å². The molecule has 1 aromatic rings. The second-order valence-electron chi connectivity index (χ2n) is 3.35. The Morgan fingerprint density at radius 3 is 2.69 bits per heavy atom. The van der Waals surface area contributed by atoms with Crippen LogP contribution in [0.4, 0.5) is 0 Å². The summed E-state index contributed by atoms with van der Waals surface area (Å²) in [5.74, 6) is 0. The predicted octanol–water partition coefficient (Wildman–Crippen LogP) is 2.09. The average molecular weight is 174 g/mol. The molecule has 2 nitrogen and oxygen atoms in total. The fraction of sp³-hybridized carbons (Fsp3) is 0.364. The Hall–Kier alpha value is -1.31. The number of aliphatic imine (C=N–C) groups is 1. The SMILES string of the molecule is C[C@H](c1ccccc1)N1C=NCC1. The normalized spacial score (nSPS) is 17.8. The molecule has 1 atom stereocenters. The van der Waals surface area contributed by atoms with Gasteiger partial charge in [0, 0.05) is 6.54 Å². The van der Waals surface area contributed by atoms with Gasteiger partial charge < -0.3 is 4.90 Å². The van der Waals surface area contributed by atoms with Gasteiger partial charge in [0.2, 0.25) is 0 Å². The molecule has 1 heterocycles. The lowest BCUT2D eigenvalue weighted by molar-refractivity contribution is 0.375. The van der Waals surface area contributed by atoms with E-state index in [9.17, 15) is 0 Å². The van der Waals surface area contributed by atoms with E-state index in [0.29, 0.717) is 6.04 Å². The smallest absolute Gasteiger partial charge is 0.0856 e. The number of nitrogens with zero attached hydrogens (tertiary/aromatic N) is 2. The van der Waals surface area contributed by atoms with Crippen LogP contribution in [0.1, 0.15) is 18.5 Å². The maximum Gasteiger partial charge on any atom is 0.0856 e. The summed E-state index contributed by atoms with van der Waals surface area (Å²) in [4.78, 5) is 6.49. The largest absolute Gasteiger partial charge is 0.354 e. The van der Waals surface area contributed by atoms with E-state index >= 15 is 0 Å². The number of hydrogen-bond donors (Lipinski definition) is 0. The van der Waals surface area contributed by atoms with Crippen LogP contribution in [0, 0.1) is 0 Å². The minimum absolute atomic E-state index is 0.451. The zero-order valence-electron chi connectivity index (χ0n) is 7.85. The maximum atomic E-state index is 4.21. The molecule has 68 valence electrons. The van der Waals surface area contributed by atoms with Crippen LogP contribution in [-0.4, -0.2) is 24.3 Å². The summed E-state index contributed by atoms with van der Waals surface area (Å²) in [5, 5.41) is 0. The maximum absolute atomic E-state index is 4.21. The predicted molar refractivity (Wildman–Crippen MR) is 54.9 cm³/mol. The minimum atomic E-state index is 0.451. The van der Waals surface area contributed by atoms with Gasteiger partial charge >= 0.3 is 0 Å². The molecular formula is C11H14N2. The van der Waals surface area contributed by atoms with Crippen LogP contribution in [0.15, 0.2) is 35.3 Å². The van der Waals surface area contributed by atoms with E-state index in [4.69, 9.17) is 0 Å². The zero-order chi connectivity index (χ0) is 9.10.